The fourth-order valence-corrected chi connectivity index (χ4v) is 5.39. The Morgan fingerprint density at radius 3 is 1.63 bits per heavy atom. The van der Waals surface area contributed by atoms with Crippen molar-refractivity contribution in [2.75, 3.05) is 26.4 Å². The zero-order chi connectivity index (χ0) is 38.2. The number of esters is 2. The number of carbonyl (C=O) groups is 2. The Hall–Kier alpha value is -2.81. The standard InChI is InChI=1S/C42H70NO8P/c1-3-5-7-9-11-13-15-17-19-20-21-23-24-26-28-30-32-34-41(44)48-38-40(39-50-52(46,47)49-37-36-43)51-42(45)35-33-31-29-27-25-22-18-16-14-12-10-8-6-4-2/h5,7,10-13,16-19,21,23,26,28,40H,3-4,6,8-9,14-15,20,22,24-25,27,29-39,43H2,1-2H3,(H,46,47)/b7-5-,12-10-,13-11-,18-16-,19-17-,23-21-,28-26-/t40-/m1/s1. The number of unbranched alkanes of at least 4 members (excludes halogenated alkanes) is 8. The van der Waals surface area contributed by atoms with Crippen molar-refractivity contribution in [3.05, 3.63) is 85.1 Å². The molecule has 0 radical (unpaired) electrons. The van der Waals surface area contributed by atoms with Crippen LogP contribution in [0.5, 0.6) is 0 Å². The van der Waals surface area contributed by atoms with Crippen molar-refractivity contribution < 1.29 is 37.6 Å². The second kappa shape index (κ2) is 37.9. The number of phosphoric acid groups is 1. The molecule has 10 heteroatoms. The second-order valence-electron chi connectivity index (χ2n) is 12.4. The van der Waals surface area contributed by atoms with Gasteiger partial charge in [-0.15, -0.1) is 0 Å². The van der Waals surface area contributed by atoms with Gasteiger partial charge in [-0.25, -0.2) is 4.57 Å². The molecule has 2 atom stereocenters. The van der Waals surface area contributed by atoms with Gasteiger partial charge in [0, 0.05) is 19.4 Å². The summed E-state index contributed by atoms with van der Waals surface area (Å²) >= 11 is 0. The van der Waals surface area contributed by atoms with Gasteiger partial charge in [0.25, 0.3) is 0 Å². The van der Waals surface area contributed by atoms with Crippen LogP contribution in [0.3, 0.4) is 0 Å². The van der Waals surface area contributed by atoms with Crippen molar-refractivity contribution in [1.29, 1.82) is 0 Å². The second-order valence-corrected chi connectivity index (χ2v) is 13.9. The smallest absolute Gasteiger partial charge is 0.462 e. The minimum atomic E-state index is -4.39. The molecule has 9 nitrogen and oxygen atoms in total. The molecule has 0 heterocycles. The van der Waals surface area contributed by atoms with E-state index in [1.807, 2.05) is 6.08 Å². The molecule has 0 amide bonds. The third-order valence-corrected chi connectivity index (χ3v) is 8.50. The molecule has 0 aliphatic heterocycles. The molecule has 0 aliphatic rings. The molecular weight excluding hydrogens is 677 g/mol. The summed E-state index contributed by atoms with van der Waals surface area (Å²) in [6.07, 6.45) is 46.2. The summed E-state index contributed by atoms with van der Waals surface area (Å²) < 4.78 is 32.6. The van der Waals surface area contributed by atoms with Gasteiger partial charge in [-0.05, 0) is 77.0 Å². The molecule has 0 spiro atoms. The first-order valence-electron chi connectivity index (χ1n) is 19.6. The van der Waals surface area contributed by atoms with Crippen LogP contribution in [-0.4, -0.2) is 49.3 Å². The van der Waals surface area contributed by atoms with E-state index in [-0.39, 0.29) is 32.6 Å². The first-order chi connectivity index (χ1) is 25.3. The molecule has 0 saturated heterocycles. The highest BCUT2D eigenvalue weighted by Gasteiger charge is 2.25. The van der Waals surface area contributed by atoms with Crippen LogP contribution < -0.4 is 5.73 Å². The zero-order valence-electron chi connectivity index (χ0n) is 32.3. The summed E-state index contributed by atoms with van der Waals surface area (Å²) in [4.78, 5) is 34.7. The molecule has 0 bridgehead atoms. The predicted molar refractivity (Wildman–Crippen MR) is 215 cm³/mol. The summed E-state index contributed by atoms with van der Waals surface area (Å²) in [5.74, 6) is -0.924. The maximum Gasteiger partial charge on any atom is 0.472 e. The molecule has 0 fully saturated rings. The molecular formula is C42H70NO8P. The Morgan fingerprint density at radius 2 is 1.08 bits per heavy atom. The quantitative estimate of drug-likeness (QED) is 0.0281. The van der Waals surface area contributed by atoms with E-state index < -0.39 is 32.5 Å². The van der Waals surface area contributed by atoms with Crippen LogP contribution in [0.4, 0.5) is 0 Å². The average molecular weight is 748 g/mol. The van der Waals surface area contributed by atoms with E-state index in [1.54, 1.807) is 0 Å². The van der Waals surface area contributed by atoms with Gasteiger partial charge in [0.15, 0.2) is 6.10 Å². The van der Waals surface area contributed by atoms with Gasteiger partial charge in [-0.2, -0.15) is 0 Å². The Labute approximate surface area is 315 Å². The maximum absolute atomic E-state index is 12.5. The van der Waals surface area contributed by atoms with Gasteiger partial charge in [-0.3, -0.25) is 18.6 Å². The van der Waals surface area contributed by atoms with Crippen molar-refractivity contribution in [2.45, 2.75) is 142 Å². The lowest BCUT2D eigenvalue weighted by atomic mass is 10.1. The van der Waals surface area contributed by atoms with E-state index in [2.05, 4.69) is 92.8 Å². The molecule has 3 N–H and O–H groups in total. The minimum absolute atomic E-state index is 0.0387. The van der Waals surface area contributed by atoms with Crippen molar-refractivity contribution >= 4 is 19.8 Å². The van der Waals surface area contributed by atoms with E-state index in [1.165, 1.54) is 12.8 Å². The lowest BCUT2D eigenvalue weighted by Gasteiger charge is -2.19. The van der Waals surface area contributed by atoms with Crippen molar-refractivity contribution in [2.24, 2.45) is 5.73 Å². The summed E-state index contributed by atoms with van der Waals surface area (Å²) in [7, 11) is -4.39. The van der Waals surface area contributed by atoms with Crippen LogP contribution in [0.1, 0.15) is 136 Å². The average Bonchev–Trinajstić information content (AvgIpc) is 3.13. The molecule has 0 aromatic rings. The minimum Gasteiger partial charge on any atom is -0.462 e. The Morgan fingerprint density at radius 1 is 0.596 bits per heavy atom. The number of nitrogens with two attached hydrogens (primary N) is 1. The van der Waals surface area contributed by atoms with Crippen LogP contribution >= 0.6 is 7.82 Å². The lowest BCUT2D eigenvalue weighted by molar-refractivity contribution is -0.161. The van der Waals surface area contributed by atoms with Crippen LogP contribution in [0, 0.1) is 0 Å². The van der Waals surface area contributed by atoms with E-state index in [9.17, 15) is 19.0 Å². The third-order valence-electron chi connectivity index (χ3n) is 7.52. The SMILES string of the molecule is CC/C=C\C/C=C\C/C=C\C/C=C\C/C=C\CCCC(=O)OC[C@H](COP(=O)(O)OCCN)OC(=O)CCCCCCC/C=C\C/C=C\CCCC. The van der Waals surface area contributed by atoms with Crippen molar-refractivity contribution in [3.63, 3.8) is 0 Å². The van der Waals surface area contributed by atoms with Crippen LogP contribution in [0.25, 0.3) is 0 Å². The molecule has 0 aromatic carbocycles. The van der Waals surface area contributed by atoms with E-state index in [4.69, 9.17) is 24.3 Å². The summed E-state index contributed by atoms with van der Waals surface area (Å²) in [6, 6.07) is 0. The Kier molecular flexibility index (Phi) is 35.9. The molecule has 0 rings (SSSR count). The van der Waals surface area contributed by atoms with Crippen LogP contribution in [0.2, 0.25) is 0 Å². The molecule has 0 saturated carbocycles. The first-order valence-corrected chi connectivity index (χ1v) is 21.1. The third kappa shape index (κ3) is 37.0. The van der Waals surface area contributed by atoms with Gasteiger partial charge in [0.1, 0.15) is 6.61 Å². The fraction of sp³-hybridized carbons (Fsp3) is 0.619. The van der Waals surface area contributed by atoms with E-state index in [0.717, 1.165) is 83.5 Å². The number of allylic oxidation sites excluding steroid dienone is 14. The largest absolute Gasteiger partial charge is 0.472 e. The topological polar surface area (TPSA) is 134 Å². The van der Waals surface area contributed by atoms with Gasteiger partial charge in [0.05, 0.1) is 13.2 Å². The monoisotopic (exact) mass is 747 g/mol. The molecule has 1 unspecified atom stereocenters. The van der Waals surface area contributed by atoms with Crippen molar-refractivity contribution in [3.8, 4) is 0 Å². The van der Waals surface area contributed by atoms with Gasteiger partial charge in [-0.1, -0.05) is 131 Å². The number of hydrogen-bond donors (Lipinski definition) is 2. The zero-order valence-corrected chi connectivity index (χ0v) is 33.1. The fourth-order valence-electron chi connectivity index (χ4n) is 4.63. The van der Waals surface area contributed by atoms with Crippen LogP contribution in [0.15, 0.2) is 85.1 Å². The highest BCUT2D eigenvalue weighted by atomic mass is 31.2. The van der Waals surface area contributed by atoms with Gasteiger partial charge in [0.2, 0.25) is 0 Å². The van der Waals surface area contributed by atoms with Crippen molar-refractivity contribution in [1.82, 2.24) is 0 Å². The molecule has 296 valence electrons. The Bertz CT molecular complexity index is 1130. The maximum atomic E-state index is 12.5. The summed E-state index contributed by atoms with van der Waals surface area (Å²) in [5.41, 5.74) is 5.33. The number of carbonyl (C=O) groups excluding carboxylic acids is 2. The first kappa shape index (κ1) is 49.2. The normalized spacial score (nSPS) is 14.3. The number of rotatable bonds is 35. The molecule has 0 aromatic heterocycles. The molecule has 0 aliphatic carbocycles. The number of phosphoric ester groups is 1. The lowest BCUT2D eigenvalue weighted by Crippen LogP contribution is -2.29. The summed E-state index contributed by atoms with van der Waals surface area (Å²) in [5, 5.41) is 0. The van der Waals surface area contributed by atoms with Gasteiger partial charge < -0.3 is 20.1 Å². The predicted octanol–water partition coefficient (Wildman–Crippen LogP) is 10.9. The highest BCUT2D eigenvalue weighted by molar-refractivity contribution is 7.47. The summed E-state index contributed by atoms with van der Waals surface area (Å²) in [6.45, 7) is 3.46. The van der Waals surface area contributed by atoms with E-state index >= 15 is 0 Å². The number of ether oxygens (including phenoxy) is 2. The highest BCUT2D eigenvalue weighted by Crippen LogP contribution is 2.43. The van der Waals surface area contributed by atoms with Gasteiger partial charge >= 0.3 is 19.8 Å². The Balaban J connectivity index is 4.36. The van der Waals surface area contributed by atoms with Crippen LogP contribution in [-0.2, 0) is 32.7 Å². The number of hydrogen-bond acceptors (Lipinski definition) is 8. The molecule has 52 heavy (non-hydrogen) atoms. The van der Waals surface area contributed by atoms with E-state index in [0.29, 0.717) is 12.8 Å².